The molecule has 1 fully saturated rings. The lowest BCUT2D eigenvalue weighted by molar-refractivity contribution is -0.126. The summed E-state index contributed by atoms with van der Waals surface area (Å²) >= 11 is 0. The van der Waals surface area contributed by atoms with Gasteiger partial charge in [0, 0.05) is 31.2 Å². The third kappa shape index (κ3) is 4.21. The zero-order valence-electron chi connectivity index (χ0n) is 18.1. The molecule has 6 nitrogen and oxygen atoms in total. The number of hydrogen-bond donors (Lipinski definition) is 1. The minimum atomic E-state index is -3.76. The van der Waals surface area contributed by atoms with Gasteiger partial charge in [0.25, 0.3) is 0 Å². The normalized spacial score (nSPS) is 17.3. The molecule has 1 amide bonds. The highest BCUT2D eigenvalue weighted by Gasteiger charge is 2.34. The largest absolute Gasteiger partial charge is 0.352 e. The monoisotopic (exact) mass is 459 g/mol. The standard InChI is InChI=1S/C26H25N3O3S/c30-26(28-17-21-10-3-8-19-7-1-2-13-23(19)21)22-12-6-16-29(18-22)33(31,32)24-14-4-9-20-11-5-15-27-25(20)24/h1-5,7-11,13-15,22H,6,12,16-18H2,(H,28,30). The maximum absolute atomic E-state index is 13.4. The van der Waals surface area contributed by atoms with Crippen molar-refractivity contribution in [2.75, 3.05) is 13.1 Å². The predicted molar refractivity (Wildman–Crippen MR) is 129 cm³/mol. The Morgan fingerprint density at radius 2 is 1.73 bits per heavy atom. The number of nitrogens with one attached hydrogen (secondary N) is 1. The number of hydrogen-bond acceptors (Lipinski definition) is 4. The fourth-order valence-electron chi connectivity index (χ4n) is 4.57. The summed E-state index contributed by atoms with van der Waals surface area (Å²) in [6, 6.07) is 22.9. The molecule has 1 N–H and O–H groups in total. The minimum absolute atomic E-state index is 0.112. The maximum Gasteiger partial charge on any atom is 0.245 e. The number of fused-ring (bicyclic) bond motifs is 2. The van der Waals surface area contributed by atoms with E-state index in [1.165, 1.54) is 4.31 Å². The number of nitrogens with zero attached hydrogens (tertiary/aromatic N) is 2. The second kappa shape index (κ2) is 8.92. The van der Waals surface area contributed by atoms with Crippen molar-refractivity contribution < 1.29 is 13.2 Å². The van der Waals surface area contributed by atoms with Crippen molar-refractivity contribution in [1.82, 2.24) is 14.6 Å². The number of rotatable bonds is 5. The Hall–Kier alpha value is -3.29. The Morgan fingerprint density at radius 3 is 2.64 bits per heavy atom. The summed E-state index contributed by atoms with van der Waals surface area (Å²) in [4.78, 5) is 17.5. The Bertz CT molecular complexity index is 1420. The third-order valence-corrected chi connectivity index (χ3v) is 8.20. The average Bonchev–Trinajstić information content (AvgIpc) is 2.87. The highest BCUT2D eigenvalue weighted by atomic mass is 32.2. The Morgan fingerprint density at radius 1 is 0.970 bits per heavy atom. The lowest BCUT2D eigenvalue weighted by Gasteiger charge is -2.31. The number of carbonyl (C=O) groups excluding carboxylic acids is 1. The number of pyridine rings is 1. The summed E-state index contributed by atoms with van der Waals surface area (Å²) in [6.07, 6.45) is 2.91. The minimum Gasteiger partial charge on any atom is -0.352 e. The van der Waals surface area contributed by atoms with Crippen molar-refractivity contribution in [2.45, 2.75) is 24.3 Å². The lowest BCUT2D eigenvalue weighted by Crippen LogP contribution is -2.45. The van der Waals surface area contributed by atoms with Crippen LogP contribution < -0.4 is 5.32 Å². The molecule has 4 aromatic rings. The van der Waals surface area contributed by atoms with Crippen LogP contribution in [-0.2, 0) is 21.4 Å². The Balaban J connectivity index is 1.32. The second-order valence-corrected chi connectivity index (χ2v) is 10.3. The van der Waals surface area contributed by atoms with Crippen LogP contribution in [0.15, 0.2) is 83.9 Å². The molecular formula is C26H25N3O3S. The molecule has 1 atom stereocenters. The van der Waals surface area contributed by atoms with Crippen molar-refractivity contribution >= 4 is 37.6 Å². The van der Waals surface area contributed by atoms with Crippen LogP contribution in [0, 0.1) is 5.92 Å². The van der Waals surface area contributed by atoms with E-state index in [1.54, 1.807) is 24.4 Å². The van der Waals surface area contributed by atoms with Gasteiger partial charge in [-0.05, 0) is 41.3 Å². The zero-order chi connectivity index (χ0) is 22.8. The first kappa shape index (κ1) is 21.6. The number of benzene rings is 3. The van der Waals surface area contributed by atoms with E-state index in [1.807, 2.05) is 54.6 Å². The van der Waals surface area contributed by atoms with Gasteiger partial charge in [0.15, 0.2) is 0 Å². The molecule has 0 bridgehead atoms. The van der Waals surface area contributed by atoms with Gasteiger partial charge in [-0.15, -0.1) is 0 Å². The summed E-state index contributed by atoms with van der Waals surface area (Å²) in [5.74, 6) is -0.495. The fraction of sp³-hybridized carbons (Fsp3) is 0.231. The van der Waals surface area contributed by atoms with E-state index in [2.05, 4.69) is 10.3 Å². The first-order valence-corrected chi connectivity index (χ1v) is 12.6. The van der Waals surface area contributed by atoms with Crippen molar-refractivity contribution in [3.05, 3.63) is 84.6 Å². The molecule has 1 unspecified atom stereocenters. The van der Waals surface area contributed by atoms with Crippen LogP contribution in [0.25, 0.3) is 21.7 Å². The van der Waals surface area contributed by atoms with Crippen molar-refractivity contribution in [3.63, 3.8) is 0 Å². The molecule has 0 radical (unpaired) electrons. The summed E-state index contributed by atoms with van der Waals surface area (Å²) in [6.45, 7) is 0.988. The Labute approximate surface area is 193 Å². The summed E-state index contributed by atoms with van der Waals surface area (Å²) in [5, 5.41) is 6.04. The number of sulfonamides is 1. The van der Waals surface area contributed by atoms with E-state index in [9.17, 15) is 13.2 Å². The lowest BCUT2D eigenvalue weighted by atomic mass is 9.98. The van der Waals surface area contributed by atoms with Crippen LogP contribution in [0.1, 0.15) is 18.4 Å². The summed E-state index contributed by atoms with van der Waals surface area (Å²) in [5.41, 5.74) is 1.51. The number of carbonyl (C=O) groups is 1. The first-order chi connectivity index (χ1) is 16.0. The second-order valence-electron chi connectivity index (χ2n) is 8.39. The average molecular weight is 460 g/mol. The van der Waals surface area contributed by atoms with Gasteiger partial charge in [-0.1, -0.05) is 60.7 Å². The predicted octanol–water partition coefficient (Wildman–Crippen LogP) is 4.11. The molecule has 1 aliphatic heterocycles. The van der Waals surface area contributed by atoms with Crippen molar-refractivity contribution in [2.24, 2.45) is 5.92 Å². The molecule has 1 aliphatic rings. The molecule has 33 heavy (non-hydrogen) atoms. The Kier molecular flexibility index (Phi) is 5.83. The van der Waals surface area contributed by atoms with E-state index in [0.717, 1.165) is 21.7 Å². The van der Waals surface area contributed by atoms with Crippen LogP contribution in [0.5, 0.6) is 0 Å². The molecule has 5 rings (SSSR count). The molecule has 3 aromatic carbocycles. The molecule has 7 heteroatoms. The smallest absolute Gasteiger partial charge is 0.245 e. The third-order valence-electron chi connectivity index (χ3n) is 6.30. The quantitative estimate of drug-likeness (QED) is 0.487. The van der Waals surface area contributed by atoms with Gasteiger partial charge in [0.05, 0.1) is 11.4 Å². The van der Waals surface area contributed by atoms with Gasteiger partial charge in [0.1, 0.15) is 4.90 Å². The number of amides is 1. The number of aromatic nitrogens is 1. The van der Waals surface area contributed by atoms with E-state index in [-0.39, 0.29) is 23.3 Å². The molecule has 0 aliphatic carbocycles. The van der Waals surface area contributed by atoms with E-state index < -0.39 is 10.0 Å². The van der Waals surface area contributed by atoms with Gasteiger partial charge in [-0.2, -0.15) is 4.31 Å². The van der Waals surface area contributed by atoms with Crippen LogP contribution in [0.3, 0.4) is 0 Å². The van der Waals surface area contributed by atoms with Gasteiger partial charge < -0.3 is 5.32 Å². The molecule has 0 saturated carbocycles. The van der Waals surface area contributed by atoms with E-state index in [4.69, 9.17) is 0 Å². The highest BCUT2D eigenvalue weighted by Crippen LogP contribution is 2.28. The van der Waals surface area contributed by atoms with Crippen LogP contribution in [0.4, 0.5) is 0 Å². The van der Waals surface area contributed by atoms with Crippen LogP contribution in [0.2, 0.25) is 0 Å². The topological polar surface area (TPSA) is 79.4 Å². The maximum atomic E-state index is 13.4. The highest BCUT2D eigenvalue weighted by molar-refractivity contribution is 7.89. The number of piperidine rings is 1. The molecule has 1 aromatic heterocycles. The SMILES string of the molecule is O=C(NCc1cccc2ccccc12)C1CCCN(S(=O)(=O)c2cccc3cccnc23)C1. The number of para-hydroxylation sites is 1. The summed E-state index contributed by atoms with van der Waals surface area (Å²) in [7, 11) is -3.76. The van der Waals surface area contributed by atoms with E-state index in [0.29, 0.717) is 31.4 Å². The molecule has 2 heterocycles. The van der Waals surface area contributed by atoms with Crippen molar-refractivity contribution in [3.8, 4) is 0 Å². The fourth-order valence-corrected chi connectivity index (χ4v) is 6.26. The van der Waals surface area contributed by atoms with Crippen LogP contribution >= 0.6 is 0 Å². The zero-order valence-corrected chi connectivity index (χ0v) is 19.0. The van der Waals surface area contributed by atoms with Crippen molar-refractivity contribution in [1.29, 1.82) is 0 Å². The van der Waals surface area contributed by atoms with Gasteiger partial charge in [-0.25, -0.2) is 8.42 Å². The molecule has 168 valence electrons. The molecule has 0 spiro atoms. The van der Waals surface area contributed by atoms with Crippen LogP contribution in [-0.4, -0.2) is 36.7 Å². The summed E-state index contributed by atoms with van der Waals surface area (Å²) < 4.78 is 28.3. The van der Waals surface area contributed by atoms with Gasteiger partial charge >= 0.3 is 0 Å². The van der Waals surface area contributed by atoms with Gasteiger partial charge in [-0.3, -0.25) is 9.78 Å². The van der Waals surface area contributed by atoms with Gasteiger partial charge in [0.2, 0.25) is 15.9 Å². The first-order valence-electron chi connectivity index (χ1n) is 11.1. The molecule has 1 saturated heterocycles. The molecular weight excluding hydrogens is 434 g/mol. The van der Waals surface area contributed by atoms with E-state index >= 15 is 0 Å².